The third-order valence-corrected chi connectivity index (χ3v) is 6.97. The van der Waals surface area contributed by atoms with Crippen LogP contribution in [0.4, 0.5) is 5.69 Å². The summed E-state index contributed by atoms with van der Waals surface area (Å²) in [5.41, 5.74) is 5.74. The van der Waals surface area contributed by atoms with E-state index in [-0.39, 0.29) is 43.2 Å². The topological polar surface area (TPSA) is 163 Å². The van der Waals surface area contributed by atoms with Gasteiger partial charge in [-0.2, -0.15) is 4.31 Å². The first kappa shape index (κ1) is 22.7. The number of hydrogen-bond acceptors (Lipinski definition) is 7. The van der Waals surface area contributed by atoms with E-state index in [1.807, 2.05) is 0 Å². The zero-order chi connectivity index (χ0) is 22.8. The lowest BCUT2D eigenvalue weighted by Gasteiger charge is -2.36. The number of benzene rings is 1. The number of nitrogens with two attached hydrogens (primary N) is 1. The minimum absolute atomic E-state index is 0.0137. The Kier molecular flexibility index (Phi) is 6.62. The molecule has 0 bridgehead atoms. The van der Waals surface area contributed by atoms with Gasteiger partial charge in [0.05, 0.1) is 11.4 Å². The van der Waals surface area contributed by atoms with Crippen molar-refractivity contribution >= 4 is 33.5 Å². The smallest absolute Gasteiger partial charge is 0.326 e. The molecule has 0 radical (unpaired) electrons. The molecular weight excluding hydrogens is 428 g/mol. The second-order valence-electron chi connectivity index (χ2n) is 7.21. The second kappa shape index (κ2) is 9.04. The van der Waals surface area contributed by atoms with E-state index in [4.69, 9.17) is 10.5 Å². The Bertz CT molecular complexity index is 979. The average Bonchev–Trinajstić information content (AvgIpc) is 3.47. The van der Waals surface area contributed by atoms with Crippen molar-refractivity contribution < 1.29 is 32.6 Å². The van der Waals surface area contributed by atoms with Crippen molar-refractivity contribution in [1.82, 2.24) is 9.21 Å². The number of carboxylic acid groups (broad SMARTS) is 1. The third kappa shape index (κ3) is 5.21. The van der Waals surface area contributed by atoms with Crippen LogP contribution in [0, 0.1) is 0 Å². The van der Waals surface area contributed by atoms with E-state index in [0.29, 0.717) is 5.69 Å². The van der Waals surface area contributed by atoms with E-state index >= 15 is 0 Å². The second-order valence-corrected chi connectivity index (χ2v) is 9.15. The highest BCUT2D eigenvalue weighted by Gasteiger charge is 2.38. The molecule has 2 amide bonds. The van der Waals surface area contributed by atoms with E-state index < -0.39 is 40.4 Å². The zero-order valence-electron chi connectivity index (χ0n) is 16.6. The number of carboxylic acids is 1. The summed E-state index contributed by atoms with van der Waals surface area (Å²) in [7, 11) is -3.95. The predicted octanol–water partition coefficient (Wildman–Crippen LogP) is -0.439. The fourth-order valence-electron chi connectivity index (χ4n) is 3.35. The highest BCUT2D eigenvalue weighted by molar-refractivity contribution is 7.89. The molecule has 2 heterocycles. The summed E-state index contributed by atoms with van der Waals surface area (Å²) in [4.78, 5) is 36.1. The van der Waals surface area contributed by atoms with Gasteiger partial charge in [0.15, 0.2) is 6.23 Å². The quantitative estimate of drug-likeness (QED) is 0.318. The van der Waals surface area contributed by atoms with Crippen LogP contribution in [0.2, 0.25) is 0 Å². The van der Waals surface area contributed by atoms with Gasteiger partial charge in [-0.1, -0.05) is 6.08 Å². The molecule has 4 N–H and O–H groups in total. The molecule has 0 spiro atoms. The number of rotatable bonds is 10. The van der Waals surface area contributed by atoms with E-state index in [0.717, 1.165) is 9.21 Å². The van der Waals surface area contributed by atoms with Crippen LogP contribution >= 0.6 is 0 Å². The number of ether oxygens (including phenoxy) is 1. The van der Waals surface area contributed by atoms with E-state index in [2.05, 4.69) is 11.9 Å². The largest absolute Gasteiger partial charge is 0.480 e. The summed E-state index contributed by atoms with van der Waals surface area (Å²) in [6.45, 7) is 2.98. The Morgan fingerprint density at radius 2 is 2.00 bits per heavy atom. The van der Waals surface area contributed by atoms with Gasteiger partial charge in [0.25, 0.3) is 0 Å². The van der Waals surface area contributed by atoms with Gasteiger partial charge in [0.2, 0.25) is 21.8 Å². The van der Waals surface area contributed by atoms with Crippen LogP contribution in [0.25, 0.3) is 0 Å². The van der Waals surface area contributed by atoms with Gasteiger partial charge in [0.1, 0.15) is 12.1 Å². The van der Waals surface area contributed by atoms with Crippen molar-refractivity contribution in [3.05, 3.63) is 36.9 Å². The molecule has 0 aromatic heterocycles. The Labute approximate surface area is 179 Å². The van der Waals surface area contributed by atoms with Crippen molar-refractivity contribution in [2.75, 3.05) is 25.0 Å². The molecule has 2 aliphatic rings. The van der Waals surface area contributed by atoms with Crippen molar-refractivity contribution in [3.8, 4) is 0 Å². The van der Waals surface area contributed by atoms with Gasteiger partial charge >= 0.3 is 5.97 Å². The summed E-state index contributed by atoms with van der Waals surface area (Å²) < 4.78 is 32.1. The van der Waals surface area contributed by atoms with Crippen LogP contribution in [0.1, 0.15) is 12.8 Å². The third-order valence-electron chi connectivity index (χ3n) is 5.11. The molecule has 0 saturated carbocycles. The molecule has 12 heteroatoms. The Hall–Kier alpha value is -2.96. The number of aliphatic carboxylic acids is 1. The minimum atomic E-state index is -3.95. The first-order valence-corrected chi connectivity index (χ1v) is 11.0. The Morgan fingerprint density at radius 1 is 1.32 bits per heavy atom. The zero-order valence-corrected chi connectivity index (χ0v) is 17.5. The number of amides is 2. The lowest BCUT2D eigenvalue weighted by Crippen LogP contribution is -2.57. The van der Waals surface area contributed by atoms with Gasteiger partial charge in [-0.05, 0) is 30.7 Å². The molecule has 3 atom stereocenters. The number of hydrogen-bond donors (Lipinski definition) is 3. The molecule has 0 aliphatic carbocycles. The summed E-state index contributed by atoms with van der Waals surface area (Å²) >= 11 is 0. The predicted molar refractivity (Wildman–Crippen MR) is 109 cm³/mol. The molecule has 2 aliphatic heterocycles. The lowest BCUT2D eigenvalue weighted by molar-refractivity contribution is -0.152. The van der Waals surface area contributed by atoms with Gasteiger partial charge in [-0.3, -0.25) is 9.59 Å². The van der Waals surface area contributed by atoms with Crippen LogP contribution in [0.15, 0.2) is 41.8 Å². The molecule has 31 heavy (non-hydrogen) atoms. The van der Waals surface area contributed by atoms with Crippen molar-refractivity contribution in [3.63, 3.8) is 0 Å². The molecule has 1 aromatic rings. The highest BCUT2D eigenvalue weighted by Crippen LogP contribution is 2.26. The SMILES string of the molecule is C=CC1OC1Nc1ccc(S(=O)(=O)N2CCN([C@@H](CCC(N)=O)C(=O)O)C(=O)C2)cc1. The van der Waals surface area contributed by atoms with Crippen molar-refractivity contribution in [1.29, 1.82) is 0 Å². The lowest BCUT2D eigenvalue weighted by atomic mass is 10.1. The highest BCUT2D eigenvalue weighted by atomic mass is 32.2. The van der Waals surface area contributed by atoms with Crippen LogP contribution in [-0.2, 0) is 29.1 Å². The number of anilines is 1. The number of primary amides is 1. The van der Waals surface area contributed by atoms with Gasteiger partial charge in [0, 0.05) is 25.2 Å². The number of nitrogens with zero attached hydrogens (tertiary/aromatic N) is 2. The van der Waals surface area contributed by atoms with E-state index in [1.165, 1.54) is 12.1 Å². The normalized spacial score (nSPS) is 22.6. The van der Waals surface area contributed by atoms with Crippen LogP contribution in [0.3, 0.4) is 0 Å². The van der Waals surface area contributed by atoms with Gasteiger partial charge in [-0.15, -0.1) is 6.58 Å². The summed E-state index contributed by atoms with van der Waals surface area (Å²) in [5, 5.41) is 12.5. The number of piperazine rings is 1. The number of carbonyl (C=O) groups is 3. The molecule has 1 aromatic carbocycles. The summed E-state index contributed by atoms with van der Waals surface area (Å²) in [6, 6.07) is 4.80. The number of carbonyl (C=O) groups excluding carboxylic acids is 2. The Morgan fingerprint density at radius 3 is 2.52 bits per heavy atom. The molecule has 11 nitrogen and oxygen atoms in total. The van der Waals surface area contributed by atoms with Crippen LogP contribution in [-0.4, -0.2) is 78.5 Å². The molecular formula is C19H24N4O7S. The first-order chi connectivity index (χ1) is 14.6. The van der Waals surface area contributed by atoms with Gasteiger partial charge in [-0.25, -0.2) is 13.2 Å². The summed E-state index contributed by atoms with van der Waals surface area (Å²) in [6.07, 6.45) is 1.07. The van der Waals surface area contributed by atoms with E-state index in [9.17, 15) is 27.9 Å². The number of nitrogens with one attached hydrogen (secondary N) is 1. The van der Waals surface area contributed by atoms with Gasteiger partial charge < -0.3 is 25.8 Å². The molecule has 2 fully saturated rings. The molecule has 3 rings (SSSR count). The number of epoxide rings is 1. The molecule has 2 saturated heterocycles. The fourth-order valence-corrected chi connectivity index (χ4v) is 4.73. The maximum absolute atomic E-state index is 12.9. The summed E-state index contributed by atoms with van der Waals surface area (Å²) in [5.74, 6) is -2.59. The van der Waals surface area contributed by atoms with E-state index in [1.54, 1.807) is 18.2 Å². The minimum Gasteiger partial charge on any atom is -0.480 e. The monoisotopic (exact) mass is 452 g/mol. The van der Waals surface area contributed by atoms with Crippen molar-refractivity contribution in [2.24, 2.45) is 5.73 Å². The Balaban J connectivity index is 1.65. The van der Waals surface area contributed by atoms with Crippen LogP contribution in [0.5, 0.6) is 0 Å². The average molecular weight is 452 g/mol. The number of sulfonamides is 1. The maximum atomic E-state index is 12.9. The first-order valence-electron chi connectivity index (χ1n) is 9.59. The van der Waals surface area contributed by atoms with Crippen LogP contribution < -0.4 is 11.1 Å². The fraction of sp³-hybridized carbons (Fsp3) is 0.421. The maximum Gasteiger partial charge on any atom is 0.326 e. The van der Waals surface area contributed by atoms with Crippen molar-refractivity contribution in [2.45, 2.75) is 36.1 Å². The standard InChI is InChI=1S/C19H24N4O7S/c1-2-15-18(30-15)21-12-3-5-13(6-4-12)31(28,29)22-9-10-23(17(25)11-22)14(19(26)27)7-8-16(20)24/h2-6,14-15,18,21H,1,7-11H2,(H2,20,24)(H,26,27)/t14-,15?,18?/m0/s1. The molecule has 168 valence electrons. The molecule has 2 unspecified atom stereocenters.